The normalized spacial score (nSPS) is 10.2. The molecule has 0 radical (unpaired) electrons. The zero-order valence-corrected chi connectivity index (χ0v) is 10.8. The number of hydrogen-bond acceptors (Lipinski definition) is 4. The lowest BCUT2D eigenvalue weighted by Gasteiger charge is -2.08. The van der Waals surface area contributed by atoms with Gasteiger partial charge in [-0.05, 0) is 31.2 Å². The van der Waals surface area contributed by atoms with Gasteiger partial charge in [0, 0.05) is 11.6 Å². The zero-order valence-electron chi connectivity index (χ0n) is 10.00. The molecule has 0 aliphatic rings. The van der Waals surface area contributed by atoms with Crippen LogP contribution in [0.15, 0.2) is 33.9 Å². The quantitative estimate of drug-likeness (QED) is 0.817. The van der Waals surface area contributed by atoms with Crippen LogP contribution in [0.4, 0.5) is 0 Å². The summed E-state index contributed by atoms with van der Waals surface area (Å²) in [6, 6.07) is 8.05. The Kier molecular flexibility index (Phi) is 3.49. The molecule has 0 aliphatic carbocycles. The number of rotatable bonds is 2. The smallest absolute Gasteiger partial charge is 0.266 e. The van der Waals surface area contributed by atoms with Crippen LogP contribution in [0.2, 0.25) is 5.02 Å². The largest absolute Gasteiger partial charge is 0.352 e. The Labute approximate surface area is 113 Å². The summed E-state index contributed by atoms with van der Waals surface area (Å²) >= 11 is 5.77. The first kappa shape index (κ1) is 13.1. The summed E-state index contributed by atoms with van der Waals surface area (Å²) in [6.45, 7) is 1.82. The fourth-order valence-electron chi connectivity index (χ4n) is 1.61. The number of hydrogen-bond donors (Lipinski definition) is 0. The van der Waals surface area contributed by atoms with E-state index >= 15 is 0 Å². The van der Waals surface area contributed by atoms with Gasteiger partial charge < -0.3 is 0 Å². The lowest BCUT2D eigenvalue weighted by atomic mass is 10.3. The van der Waals surface area contributed by atoms with Gasteiger partial charge >= 0.3 is 5.69 Å². The lowest BCUT2D eigenvalue weighted by Crippen LogP contribution is -2.41. The fourth-order valence-corrected chi connectivity index (χ4v) is 1.74. The average molecular weight is 277 g/mol. The summed E-state index contributed by atoms with van der Waals surface area (Å²) in [5.41, 5.74) is -1.15. The molecule has 0 saturated carbocycles. The van der Waals surface area contributed by atoms with Crippen LogP contribution in [-0.2, 0) is 6.54 Å². The number of nitriles is 1. The predicted molar refractivity (Wildman–Crippen MR) is 69.5 cm³/mol. The van der Waals surface area contributed by atoms with E-state index in [4.69, 9.17) is 16.9 Å². The van der Waals surface area contributed by atoms with E-state index in [2.05, 4.69) is 5.10 Å². The summed E-state index contributed by atoms with van der Waals surface area (Å²) in [5, 5.41) is 13.2. The maximum absolute atomic E-state index is 12.1. The van der Waals surface area contributed by atoms with Crippen molar-refractivity contribution in [1.29, 1.82) is 5.26 Å². The first-order chi connectivity index (χ1) is 9.08. The van der Waals surface area contributed by atoms with Gasteiger partial charge in [0.25, 0.3) is 5.56 Å². The van der Waals surface area contributed by atoms with Gasteiger partial charge in [-0.2, -0.15) is 9.94 Å². The third-order valence-corrected chi connectivity index (χ3v) is 2.81. The molecule has 2 aromatic rings. The van der Waals surface area contributed by atoms with Crippen LogP contribution in [-0.4, -0.2) is 14.3 Å². The highest BCUT2D eigenvalue weighted by Crippen LogP contribution is 2.10. The Morgan fingerprint density at radius 3 is 2.47 bits per heavy atom. The van der Waals surface area contributed by atoms with Crippen molar-refractivity contribution in [2.75, 3.05) is 0 Å². The van der Waals surface area contributed by atoms with Gasteiger partial charge in [-0.25, -0.2) is 4.79 Å². The van der Waals surface area contributed by atoms with Crippen LogP contribution in [0, 0.1) is 11.3 Å². The highest BCUT2D eigenvalue weighted by molar-refractivity contribution is 6.30. The number of nitrogens with zero attached hydrogens (tertiary/aromatic N) is 4. The van der Waals surface area contributed by atoms with E-state index in [0.717, 1.165) is 9.25 Å². The molecule has 0 unspecified atom stereocenters. The van der Waals surface area contributed by atoms with Gasteiger partial charge in [-0.15, -0.1) is 5.10 Å². The molecule has 0 N–H and O–H groups in total. The van der Waals surface area contributed by atoms with Crippen LogP contribution in [0.1, 0.15) is 12.6 Å². The van der Waals surface area contributed by atoms with E-state index in [1.165, 1.54) is 0 Å². The average Bonchev–Trinajstić information content (AvgIpc) is 2.41. The zero-order chi connectivity index (χ0) is 14.0. The molecule has 1 aromatic carbocycles. The van der Waals surface area contributed by atoms with Crippen LogP contribution < -0.4 is 11.2 Å². The Morgan fingerprint density at radius 1 is 1.32 bits per heavy atom. The SMILES string of the molecule is CCn1c(=O)c(C#N)nn(-c2ccc(Cl)cc2)c1=O. The minimum absolute atomic E-state index is 0.169. The van der Waals surface area contributed by atoms with Crippen molar-refractivity contribution in [1.82, 2.24) is 14.3 Å². The lowest BCUT2D eigenvalue weighted by molar-refractivity contribution is 0.596. The van der Waals surface area contributed by atoms with Crippen molar-refractivity contribution in [3.05, 3.63) is 55.8 Å². The van der Waals surface area contributed by atoms with Crippen LogP contribution >= 0.6 is 11.6 Å². The van der Waals surface area contributed by atoms with Gasteiger partial charge in [0.15, 0.2) is 0 Å². The van der Waals surface area contributed by atoms with Crippen LogP contribution in [0.25, 0.3) is 5.69 Å². The molecule has 2 rings (SSSR count). The summed E-state index contributed by atoms with van der Waals surface area (Å²) in [7, 11) is 0. The second-order valence-electron chi connectivity index (χ2n) is 3.68. The van der Waals surface area contributed by atoms with Crippen molar-refractivity contribution in [3.8, 4) is 11.8 Å². The highest BCUT2D eigenvalue weighted by Gasteiger charge is 2.12. The first-order valence-corrected chi connectivity index (χ1v) is 5.86. The Hall–Kier alpha value is -2.39. The van der Waals surface area contributed by atoms with Crippen LogP contribution in [0.3, 0.4) is 0 Å². The molecule has 96 valence electrons. The molecule has 0 saturated heterocycles. The van der Waals surface area contributed by atoms with E-state index in [-0.39, 0.29) is 12.2 Å². The molecule has 19 heavy (non-hydrogen) atoms. The monoisotopic (exact) mass is 276 g/mol. The van der Waals surface area contributed by atoms with Crippen LogP contribution in [0.5, 0.6) is 0 Å². The van der Waals surface area contributed by atoms with Crippen molar-refractivity contribution in [2.45, 2.75) is 13.5 Å². The molecule has 0 amide bonds. The Morgan fingerprint density at radius 2 is 1.95 bits per heavy atom. The molecular weight excluding hydrogens is 268 g/mol. The third-order valence-electron chi connectivity index (χ3n) is 2.55. The molecule has 0 spiro atoms. The Bertz CT molecular complexity index is 768. The van der Waals surface area contributed by atoms with E-state index in [0.29, 0.717) is 10.7 Å². The number of halogens is 1. The minimum atomic E-state index is -0.680. The molecule has 1 aromatic heterocycles. The summed E-state index contributed by atoms with van der Waals surface area (Å²) in [5.74, 6) is 0. The molecule has 0 aliphatic heterocycles. The maximum Gasteiger partial charge on any atom is 0.352 e. The van der Waals surface area contributed by atoms with E-state index in [1.807, 2.05) is 0 Å². The summed E-state index contributed by atoms with van der Waals surface area (Å²) in [6.07, 6.45) is 0. The first-order valence-electron chi connectivity index (χ1n) is 5.48. The van der Waals surface area contributed by atoms with Crippen molar-refractivity contribution >= 4 is 11.6 Å². The second kappa shape index (κ2) is 5.08. The van der Waals surface area contributed by atoms with Crippen molar-refractivity contribution < 1.29 is 0 Å². The van der Waals surface area contributed by atoms with Crippen molar-refractivity contribution in [2.24, 2.45) is 0 Å². The molecule has 0 fully saturated rings. The third kappa shape index (κ3) is 2.28. The molecule has 1 heterocycles. The summed E-state index contributed by atoms with van der Waals surface area (Å²) in [4.78, 5) is 23.8. The summed E-state index contributed by atoms with van der Waals surface area (Å²) < 4.78 is 1.97. The number of benzene rings is 1. The topological polar surface area (TPSA) is 80.7 Å². The van der Waals surface area contributed by atoms with E-state index in [9.17, 15) is 9.59 Å². The molecule has 7 heteroatoms. The van der Waals surface area contributed by atoms with Gasteiger partial charge in [-0.1, -0.05) is 11.6 Å². The predicted octanol–water partition coefficient (Wildman–Crippen LogP) is 0.939. The molecule has 0 atom stereocenters. The van der Waals surface area contributed by atoms with E-state index < -0.39 is 11.2 Å². The second-order valence-corrected chi connectivity index (χ2v) is 4.12. The highest BCUT2D eigenvalue weighted by atomic mass is 35.5. The standard InChI is InChI=1S/C12H9ClN4O2/c1-2-16-11(18)10(7-14)15-17(12(16)19)9-5-3-8(13)4-6-9/h3-6H,2H2,1H3. The maximum atomic E-state index is 12.1. The van der Waals surface area contributed by atoms with Gasteiger partial charge in [-0.3, -0.25) is 9.36 Å². The number of aromatic nitrogens is 3. The fraction of sp³-hybridized carbons (Fsp3) is 0.167. The van der Waals surface area contributed by atoms with Gasteiger partial charge in [0.2, 0.25) is 5.69 Å². The molecular formula is C12H9ClN4O2. The minimum Gasteiger partial charge on any atom is -0.266 e. The van der Waals surface area contributed by atoms with Crippen molar-refractivity contribution in [3.63, 3.8) is 0 Å². The van der Waals surface area contributed by atoms with Gasteiger partial charge in [0.1, 0.15) is 6.07 Å². The molecule has 0 bridgehead atoms. The van der Waals surface area contributed by atoms with E-state index in [1.54, 1.807) is 37.3 Å². The Balaban J connectivity index is 2.78. The molecule has 6 nitrogen and oxygen atoms in total. The van der Waals surface area contributed by atoms with Gasteiger partial charge in [0.05, 0.1) is 5.69 Å².